The molecular formula is C14H9Cl2N3O2. The topological polar surface area (TPSA) is 62.3 Å². The molecule has 2 amide bonds. The molecule has 0 radical (unpaired) electrons. The lowest BCUT2D eigenvalue weighted by molar-refractivity contribution is -0.115. The molecule has 1 aromatic carbocycles. The van der Waals surface area contributed by atoms with Crippen LogP contribution in [-0.4, -0.2) is 23.3 Å². The Morgan fingerprint density at radius 3 is 2.57 bits per heavy atom. The van der Waals surface area contributed by atoms with Gasteiger partial charge in [-0.25, -0.2) is 4.98 Å². The van der Waals surface area contributed by atoms with Crippen LogP contribution >= 0.6 is 23.2 Å². The summed E-state index contributed by atoms with van der Waals surface area (Å²) in [7, 11) is 0. The number of nitrogens with zero attached hydrogens (tertiary/aromatic N) is 2. The number of carbonyl (C=O) groups is 2. The summed E-state index contributed by atoms with van der Waals surface area (Å²) >= 11 is 11.6. The Kier molecular flexibility index (Phi) is 3.53. The van der Waals surface area contributed by atoms with Gasteiger partial charge in [-0.15, -0.1) is 0 Å². The zero-order valence-corrected chi connectivity index (χ0v) is 12.1. The molecule has 1 aliphatic rings. The van der Waals surface area contributed by atoms with Crippen molar-refractivity contribution in [3.63, 3.8) is 0 Å². The Bertz CT molecular complexity index is 728. The maximum atomic E-state index is 12.6. The van der Waals surface area contributed by atoms with E-state index in [2.05, 4.69) is 10.3 Å². The van der Waals surface area contributed by atoms with E-state index in [0.717, 1.165) is 0 Å². The standard InChI is InChI=1S/C14H9Cl2N3O2/c15-11-5-8(6-12(16)18-11)14(21)19-7-13(20)17-9-3-1-2-4-10(9)19/h1-6H,7H2,(H,17,20). The van der Waals surface area contributed by atoms with Gasteiger partial charge in [0.2, 0.25) is 5.91 Å². The Morgan fingerprint density at radius 1 is 1.19 bits per heavy atom. The van der Waals surface area contributed by atoms with Crippen LogP contribution in [0.5, 0.6) is 0 Å². The second-order valence-corrected chi connectivity index (χ2v) is 5.23. The van der Waals surface area contributed by atoms with Gasteiger partial charge in [0.1, 0.15) is 16.9 Å². The summed E-state index contributed by atoms with van der Waals surface area (Å²) in [6, 6.07) is 9.92. The number of aromatic nitrogens is 1. The molecule has 0 unspecified atom stereocenters. The number of amides is 2. The lowest BCUT2D eigenvalue weighted by Gasteiger charge is -2.29. The average Bonchev–Trinajstić information content (AvgIpc) is 2.44. The summed E-state index contributed by atoms with van der Waals surface area (Å²) in [5.41, 5.74) is 1.50. The normalized spacial score (nSPS) is 13.6. The van der Waals surface area contributed by atoms with E-state index < -0.39 is 0 Å². The van der Waals surface area contributed by atoms with Crippen LogP contribution in [-0.2, 0) is 4.79 Å². The van der Waals surface area contributed by atoms with Crippen LogP contribution in [0.15, 0.2) is 36.4 Å². The van der Waals surface area contributed by atoms with Gasteiger partial charge in [-0.2, -0.15) is 0 Å². The Hall–Kier alpha value is -2.11. The number of halogens is 2. The number of pyridine rings is 1. The third-order valence-electron chi connectivity index (χ3n) is 3.03. The molecule has 0 fully saturated rings. The van der Waals surface area contributed by atoms with E-state index in [-0.39, 0.29) is 34.2 Å². The van der Waals surface area contributed by atoms with Crippen molar-refractivity contribution < 1.29 is 9.59 Å². The molecule has 0 aliphatic carbocycles. The smallest absolute Gasteiger partial charge is 0.259 e. The molecule has 106 valence electrons. The number of rotatable bonds is 1. The molecular weight excluding hydrogens is 313 g/mol. The molecule has 0 bridgehead atoms. The average molecular weight is 322 g/mol. The predicted octanol–water partition coefficient (Wildman–Crippen LogP) is 2.99. The van der Waals surface area contributed by atoms with E-state index in [0.29, 0.717) is 11.4 Å². The predicted molar refractivity (Wildman–Crippen MR) is 81.0 cm³/mol. The summed E-state index contributed by atoms with van der Waals surface area (Å²) < 4.78 is 0. The number of fused-ring (bicyclic) bond motifs is 1. The van der Waals surface area contributed by atoms with Gasteiger partial charge in [-0.05, 0) is 24.3 Å². The fourth-order valence-corrected chi connectivity index (χ4v) is 2.62. The lowest BCUT2D eigenvalue weighted by Crippen LogP contribution is -2.42. The fraction of sp³-hybridized carbons (Fsp3) is 0.0714. The van der Waals surface area contributed by atoms with Gasteiger partial charge in [-0.1, -0.05) is 35.3 Å². The van der Waals surface area contributed by atoms with Crippen molar-refractivity contribution >= 4 is 46.4 Å². The lowest BCUT2D eigenvalue weighted by atomic mass is 10.1. The molecule has 1 aromatic heterocycles. The molecule has 1 N–H and O–H groups in total. The number of nitrogens with one attached hydrogen (secondary N) is 1. The van der Waals surface area contributed by atoms with Gasteiger partial charge >= 0.3 is 0 Å². The maximum absolute atomic E-state index is 12.6. The highest BCUT2D eigenvalue weighted by Gasteiger charge is 2.27. The van der Waals surface area contributed by atoms with Crippen LogP contribution in [0, 0.1) is 0 Å². The highest BCUT2D eigenvalue weighted by atomic mass is 35.5. The van der Waals surface area contributed by atoms with Crippen LogP contribution in [0.2, 0.25) is 10.3 Å². The van der Waals surface area contributed by atoms with Gasteiger partial charge in [0.25, 0.3) is 5.91 Å². The van der Waals surface area contributed by atoms with Crippen LogP contribution in [0.4, 0.5) is 11.4 Å². The van der Waals surface area contributed by atoms with E-state index in [1.807, 2.05) is 0 Å². The summed E-state index contributed by atoms with van der Waals surface area (Å²) in [4.78, 5) is 29.5. The van der Waals surface area contributed by atoms with E-state index in [1.54, 1.807) is 24.3 Å². The zero-order chi connectivity index (χ0) is 15.0. The number of para-hydroxylation sites is 2. The molecule has 0 saturated carbocycles. The van der Waals surface area contributed by atoms with Crippen molar-refractivity contribution in [3.05, 3.63) is 52.3 Å². The summed E-state index contributed by atoms with van der Waals surface area (Å²) in [6.45, 7) is -0.0621. The summed E-state index contributed by atoms with van der Waals surface area (Å²) in [5.74, 6) is -0.614. The molecule has 2 heterocycles. The third kappa shape index (κ3) is 2.70. The number of benzene rings is 1. The quantitative estimate of drug-likeness (QED) is 0.821. The Balaban J connectivity index is 2.03. The highest BCUT2D eigenvalue weighted by molar-refractivity contribution is 6.33. The van der Waals surface area contributed by atoms with E-state index in [1.165, 1.54) is 17.0 Å². The largest absolute Gasteiger partial charge is 0.323 e. The summed E-state index contributed by atoms with van der Waals surface area (Å²) in [5, 5.41) is 2.97. The summed E-state index contributed by atoms with van der Waals surface area (Å²) in [6.07, 6.45) is 0. The number of carbonyl (C=O) groups excluding carboxylic acids is 2. The third-order valence-corrected chi connectivity index (χ3v) is 3.41. The van der Waals surface area contributed by atoms with Gasteiger partial charge in [0.05, 0.1) is 11.4 Å². The number of anilines is 2. The molecule has 0 saturated heterocycles. The molecule has 0 spiro atoms. The first kappa shape index (κ1) is 13.9. The van der Waals surface area contributed by atoms with Gasteiger partial charge < -0.3 is 5.32 Å². The van der Waals surface area contributed by atoms with E-state index in [9.17, 15) is 9.59 Å². The van der Waals surface area contributed by atoms with Crippen molar-refractivity contribution in [2.24, 2.45) is 0 Å². The van der Waals surface area contributed by atoms with Crippen molar-refractivity contribution in [3.8, 4) is 0 Å². The maximum Gasteiger partial charge on any atom is 0.259 e. The molecule has 5 nitrogen and oxygen atoms in total. The zero-order valence-electron chi connectivity index (χ0n) is 10.6. The second kappa shape index (κ2) is 5.35. The van der Waals surface area contributed by atoms with E-state index >= 15 is 0 Å². The first-order valence-electron chi connectivity index (χ1n) is 6.08. The van der Waals surface area contributed by atoms with E-state index in [4.69, 9.17) is 23.2 Å². The SMILES string of the molecule is O=C1CN(C(=O)c2cc(Cl)nc(Cl)c2)c2ccccc2N1. The monoisotopic (exact) mass is 321 g/mol. The first-order valence-corrected chi connectivity index (χ1v) is 6.84. The number of hydrogen-bond donors (Lipinski definition) is 1. The van der Waals surface area contributed by atoms with Crippen LogP contribution in [0.1, 0.15) is 10.4 Å². The molecule has 1 aliphatic heterocycles. The van der Waals surface area contributed by atoms with Crippen LogP contribution in [0.3, 0.4) is 0 Å². The molecule has 21 heavy (non-hydrogen) atoms. The molecule has 0 atom stereocenters. The minimum Gasteiger partial charge on any atom is -0.323 e. The second-order valence-electron chi connectivity index (χ2n) is 4.46. The fourth-order valence-electron chi connectivity index (χ4n) is 2.16. The molecule has 2 aromatic rings. The van der Waals surface area contributed by atoms with Crippen molar-refractivity contribution in [1.82, 2.24) is 4.98 Å². The first-order chi connectivity index (χ1) is 10.0. The molecule has 7 heteroatoms. The van der Waals surface area contributed by atoms with Gasteiger partial charge in [-0.3, -0.25) is 14.5 Å². The number of hydrogen-bond acceptors (Lipinski definition) is 3. The van der Waals surface area contributed by atoms with Crippen LogP contribution in [0.25, 0.3) is 0 Å². The van der Waals surface area contributed by atoms with Crippen LogP contribution < -0.4 is 10.2 Å². The van der Waals surface area contributed by atoms with Crippen molar-refractivity contribution in [2.75, 3.05) is 16.8 Å². The van der Waals surface area contributed by atoms with Gasteiger partial charge in [0.15, 0.2) is 0 Å². The van der Waals surface area contributed by atoms with Crippen molar-refractivity contribution in [2.45, 2.75) is 0 Å². The van der Waals surface area contributed by atoms with Gasteiger partial charge in [0, 0.05) is 5.56 Å². The minimum atomic E-state index is -0.358. The molecule has 3 rings (SSSR count). The van der Waals surface area contributed by atoms with Crippen molar-refractivity contribution in [1.29, 1.82) is 0 Å². The Labute approximate surface area is 130 Å². The highest BCUT2D eigenvalue weighted by Crippen LogP contribution is 2.30. The minimum absolute atomic E-state index is 0.0621. The Morgan fingerprint density at radius 2 is 1.86 bits per heavy atom.